The van der Waals surface area contributed by atoms with Gasteiger partial charge in [0.05, 0.1) is 6.54 Å². The second-order valence-electron chi connectivity index (χ2n) is 7.90. The molecule has 1 aliphatic heterocycles. The Morgan fingerprint density at radius 1 is 0.923 bits per heavy atom. The van der Waals surface area contributed by atoms with Crippen molar-refractivity contribution in [3.63, 3.8) is 0 Å². The van der Waals surface area contributed by atoms with Crippen LogP contribution in [0.1, 0.15) is 43.9 Å². The third-order valence-electron chi connectivity index (χ3n) is 4.83. The number of hydrogen-bond donors (Lipinski definition) is 1. The summed E-state index contributed by atoms with van der Waals surface area (Å²) in [7, 11) is 0. The van der Waals surface area contributed by atoms with E-state index in [0.717, 1.165) is 12.0 Å². The lowest BCUT2D eigenvalue weighted by Gasteiger charge is -2.20. The highest BCUT2D eigenvalue weighted by Gasteiger charge is 2.37. The summed E-state index contributed by atoms with van der Waals surface area (Å²) in [5, 5.41) is 2.82. The SMILES string of the molecule is CC(C)(C)c1ccc(CN2C(=O)N[C@H](CCc3ccccc3)C2=O)cc1. The molecule has 4 heteroatoms. The number of nitrogens with zero attached hydrogens (tertiary/aromatic N) is 1. The molecule has 1 saturated heterocycles. The Hall–Kier alpha value is -2.62. The number of carbonyl (C=O) groups is 2. The van der Waals surface area contributed by atoms with Gasteiger partial charge in [0.25, 0.3) is 5.91 Å². The molecule has 136 valence electrons. The van der Waals surface area contributed by atoms with Gasteiger partial charge < -0.3 is 5.32 Å². The van der Waals surface area contributed by atoms with Gasteiger partial charge in [-0.3, -0.25) is 9.69 Å². The van der Waals surface area contributed by atoms with Crippen molar-refractivity contribution >= 4 is 11.9 Å². The Kier molecular flexibility index (Phi) is 5.12. The minimum atomic E-state index is -0.434. The molecule has 3 amide bonds. The topological polar surface area (TPSA) is 49.4 Å². The van der Waals surface area contributed by atoms with Crippen molar-refractivity contribution in [1.82, 2.24) is 10.2 Å². The number of amides is 3. The van der Waals surface area contributed by atoms with Gasteiger partial charge in [-0.05, 0) is 34.9 Å². The Bertz CT molecular complexity index is 776. The van der Waals surface area contributed by atoms with Gasteiger partial charge in [0.15, 0.2) is 0 Å². The molecule has 0 radical (unpaired) electrons. The van der Waals surface area contributed by atoms with Gasteiger partial charge in [0.1, 0.15) is 6.04 Å². The molecule has 1 N–H and O–H groups in total. The van der Waals surface area contributed by atoms with E-state index in [1.54, 1.807) is 0 Å². The lowest BCUT2D eigenvalue weighted by Crippen LogP contribution is -2.31. The summed E-state index contributed by atoms with van der Waals surface area (Å²) in [6.45, 7) is 6.81. The molecule has 26 heavy (non-hydrogen) atoms. The van der Waals surface area contributed by atoms with Crippen LogP contribution in [0.25, 0.3) is 0 Å². The van der Waals surface area contributed by atoms with E-state index in [0.29, 0.717) is 13.0 Å². The highest BCUT2D eigenvalue weighted by molar-refractivity contribution is 6.04. The molecule has 1 aliphatic rings. The van der Waals surface area contributed by atoms with E-state index >= 15 is 0 Å². The molecule has 0 bridgehead atoms. The largest absolute Gasteiger partial charge is 0.326 e. The standard InChI is InChI=1S/C22H26N2O2/c1-22(2,3)18-12-9-17(10-13-18)15-24-20(25)19(23-21(24)26)14-11-16-7-5-4-6-8-16/h4-10,12-13,19H,11,14-15H2,1-3H3,(H,23,26)/t19-/m1/s1. The molecule has 0 aliphatic carbocycles. The van der Waals surface area contributed by atoms with Crippen LogP contribution in [-0.2, 0) is 23.2 Å². The van der Waals surface area contributed by atoms with Crippen LogP contribution in [0, 0.1) is 0 Å². The highest BCUT2D eigenvalue weighted by atomic mass is 16.2. The average Bonchev–Trinajstić information content (AvgIpc) is 2.88. The molecular weight excluding hydrogens is 324 g/mol. The summed E-state index contributed by atoms with van der Waals surface area (Å²) in [5.74, 6) is -0.133. The first-order valence-corrected chi connectivity index (χ1v) is 9.10. The minimum absolute atomic E-state index is 0.0852. The van der Waals surface area contributed by atoms with Gasteiger partial charge in [-0.25, -0.2) is 4.79 Å². The maximum Gasteiger partial charge on any atom is 0.325 e. The van der Waals surface area contributed by atoms with E-state index in [1.165, 1.54) is 16.0 Å². The first-order valence-electron chi connectivity index (χ1n) is 9.10. The fourth-order valence-corrected chi connectivity index (χ4v) is 3.17. The van der Waals surface area contributed by atoms with Crippen molar-refractivity contribution in [1.29, 1.82) is 0 Å². The number of carbonyl (C=O) groups excluding carboxylic acids is 2. The third kappa shape index (κ3) is 4.13. The molecule has 3 rings (SSSR count). The summed E-state index contributed by atoms with van der Waals surface area (Å²) in [6, 6.07) is 17.4. The van der Waals surface area contributed by atoms with Gasteiger partial charge in [0, 0.05) is 0 Å². The maximum atomic E-state index is 12.6. The molecule has 4 nitrogen and oxygen atoms in total. The zero-order valence-electron chi connectivity index (χ0n) is 15.7. The van der Waals surface area contributed by atoms with Crippen LogP contribution in [0.15, 0.2) is 54.6 Å². The van der Waals surface area contributed by atoms with E-state index in [4.69, 9.17) is 0 Å². The van der Waals surface area contributed by atoms with Crippen molar-refractivity contribution in [2.45, 2.75) is 51.6 Å². The van der Waals surface area contributed by atoms with E-state index in [-0.39, 0.29) is 17.4 Å². The molecule has 1 atom stereocenters. The zero-order valence-corrected chi connectivity index (χ0v) is 15.7. The van der Waals surface area contributed by atoms with E-state index in [9.17, 15) is 9.59 Å². The van der Waals surface area contributed by atoms with Crippen molar-refractivity contribution in [3.8, 4) is 0 Å². The lowest BCUT2D eigenvalue weighted by atomic mass is 9.87. The van der Waals surface area contributed by atoms with E-state index < -0.39 is 6.04 Å². The van der Waals surface area contributed by atoms with Crippen LogP contribution in [0.5, 0.6) is 0 Å². The number of aryl methyl sites for hydroxylation is 1. The smallest absolute Gasteiger partial charge is 0.325 e. The van der Waals surface area contributed by atoms with Gasteiger partial charge in [-0.15, -0.1) is 0 Å². The normalized spacial score (nSPS) is 17.5. The van der Waals surface area contributed by atoms with Crippen molar-refractivity contribution < 1.29 is 9.59 Å². The van der Waals surface area contributed by atoms with Crippen molar-refractivity contribution in [2.24, 2.45) is 0 Å². The molecule has 2 aromatic rings. The van der Waals surface area contributed by atoms with E-state index in [2.05, 4.69) is 38.2 Å². The van der Waals surface area contributed by atoms with Crippen molar-refractivity contribution in [3.05, 3.63) is 71.3 Å². The fourth-order valence-electron chi connectivity index (χ4n) is 3.17. The number of benzene rings is 2. The minimum Gasteiger partial charge on any atom is -0.326 e. The second-order valence-corrected chi connectivity index (χ2v) is 7.90. The van der Waals surface area contributed by atoms with Crippen LogP contribution < -0.4 is 5.32 Å². The van der Waals surface area contributed by atoms with Crippen LogP contribution in [0.2, 0.25) is 0 Å². The van der Waals surface area contributed by atoms with Gasteiger partial charge in [-0.1, -0.05) is 75.4 Å². The summed E-state index contributed by atoms with van der Waals surface area (Å²) in [5.41, 5.74) is 3.46. The molecular formula is C22H26N2O2. The molecule has 2 aromatic carbocycles. The predicted molar refractivity (Wildman–Crippen MR) is 103 cm³/mol. The number of nitrogens with one attached hydrogen (secondary N) is 1. The predicted octanol–water partition coefficient (Wildman–Crippen LogP) is 4.04. The zero-order chi connectivity index (χ0) is 18.7. The molecule has 0 unspecified atom stereocenters. The number of urea groups is 1. The van der Waals surface area contributed by atoms with Gasteiger partial charge in [0.2, 0.25) is 0 Å². The van der Waals surface area contributed by atoms with Crippen LogP contribution >= 0.6 is 0 Å². The van der Waals surface area contributed by atoms with Crippen LogP contribution in [-0.4, -0.2) is 22.9 Å². The Balaban J connectivity index is 1.62. The van der Waals surface area contributed by atoms with Crippen molar-refractivity contribution in [2.75, 3.05) is 0 Å². The number of hydrogen-bond acceptors (Lipinski definition) is 2. The Morgan fingerprint density at radius 3 is 2.19 bits per heavy atom. The quantitative estimate of drug-likeness (QED) is 0.828. The fraction of sp³-hybridized carbons (Fsp3) is 0.364. The number of rotatable bonds is 5. The van der Waals surface area contributed by atoms with Crippen LogP contribution in [0.3, 0.4) is 0 Å². The molecule has 1 heterocycles. The van der Waals surface area contributed by atoms with Gasteiger partial charge >= 0.3 is 6.03 Å². The first-order chi connectivity index (χ1) is 12.3. The monoisotopic (exact) mass is 350 g/mol. The summed E-state index contributed by atoms with van der Waals surface area (Å²) >= 11 is 0. The first kappa shape index (κ1) is 18.2. The Morgan fingerprint density at radius 2 is 1.58 bits per heavy atom. The summed E-state index contributed by atoms with van der Waals surface area (Å²) in [6.07, 6.45) is 1.39. The highest BCUT2D eigenvalue weighted by Crippen LogP contribution is 2.23. The second kappa shape index (κ2) is 7.32. The Labute approximate surface area is 155 Å². The average molecular weight is 350 g/mol. The van der Waals surface area contributed by atoms with Crippen LogP contribution in [0.4, 0.5) is 4.79 Å². The van der Waals surface area contributed by atoms with Gasteiger partial charge in [-0.2, -0.15) is 0 Å². The number of imide groups is 1. The lowest BCUT2D eigenvalue weighted by molar-refractivity contribution is -0.128. The molecule has 1 fully saturated rings. The van der Waals surface area contributed by atoms with E-state index in [1.807, 2.05) is 42.5 Å². The molecule has 0 aromatic heterocycles. The molecule has 0 saturated carbocycles. The maximum absolute atomic E-state index is 12.6. The third-order valence-corrected chi connectivity index (χ3v) is 4.83. The summed E-state index contributed by atoms with van der Waals surface area (Å²) < 4.78 is 0. The summed E-state index contributed by atoms with van der Waals surface area (Å²) in [4.78, 5) is 26.2. The molecule has 0 spiro atoms.